The largest absolute Gasteiger partial charge is 0.250 e. The van der Waals surface area contributed by atoms with Crippen LogP contribution in [0.15, 0.2) is 58.6 Å². The van der Waals surface area contributed by atoms with Crippen molar-refractivity contribution in [3.63, 3.8) is 0 Å². The first-order valence-corrected chi connectivity index (χ1v) is 10.6. The molecular formula is C17H19ClN2O2S2. The molecule has 24 heavy (non-hydrogen) atoms. The predicted molar refractivity (Wildman–Crippen MR) is 97.9 cm³/mol. The Morgan fingerprint density at radius 2 is 1.83 bits per heavy atom. The van der Waals surface area contributed by atoms with Gasteiger partial charge in [-0.15, -0.1) is 11.8 Å². The Balaban J connectivity index is 1.74. The quantitative estimate of drug-likeness (QED) is 0.845. The molecule has 2 aromatic rings. The second kappa shape index (κ2) is 7.87. The summed E-state index contributed by atoms with van der Waals surface area (Å²) in [6.45, 7) is 0. The first-order valence-electron chi connectivity index (χ1n) is 7.90. The highest BCUT2D eigenvalue weighted by atomic mass is 35.5. The fourth-order valence-corrected chi connectivity index (χ4v) is 5.59. The molecule has 1 saturated carbocycles. The number of halogens is 1. The molecule has 1 aliphatic rings. The number of aromatic nitrogens is 1. The smallest absolute Gasteiger partial charge is 0.240 e. The zero-order valence-corrected chi connectivity index (χ0v) is 15.4. The van der Waals surface area contributed by atoms with Crippen LogP contribution in [0.3, 0.4) is 0 Å². The fourth-order valence-electron chi connectivity index (χ4n) is 2.83. The maximum absolute atomic E-state index is 12.6. The van der Waals surface area contributed by atoms with Crippen molar-refractivity contribution in [1.82, 2.24) is 9.71 Å². The van der Waals surface area contributed by atoms with E-state index in [1.807, 2.05) is 18.2 Å². The molecular weight excluding hydrogens is 364 g/mol. The lowest BCUT2D eigenvalue weighted by Gasteiger charge is -2.31. The van der Waals surface area contributed by atoms with Gasteiger partial charge in [-0.3, -0.25) is 0 Å². The molecule has 7 heteroatoms. The van der Waals surface area contributed by atoms with Gasteiger partial charge in [0.15, 0.2) is 0 Å². The molecule has 1 aromatic heterocycles. The van der Waals surface area contributed by atoms with Gasteiger partial charge in [0.25, 0.3) is 0 Å². The Kier molecular flexibility index (Phi) is 5.81. The summed E-state index contributed by atoms with van der Waals surface area (Å²) in [5.41, 5.74) is 0. The Morgan fingerprint density at radius 1 is 1.08 bits per heavy atom. The summed E-state index contributed by atoms with van der Waals surface area (Å²) < 4.78 is 28.1. The third-order valence-electron chi connectivity index (χ3n) is 4.04. The molecule has 0 spiro atoms. The number of pyridine rings is 1. The van der Waals surface area contributed by atoms with E-state index in [1.165, 1.54) is 12.1 Å². The van der Waals surface area contributed by atoms with Gasteiger partial charge in [-0.25, -0.2) is 18.1 Å². The van der Waals surface area contributed by atoms with E-state index < -0.39 is 10.0 Å². The first kappa shape index (κ1) is 17.7. The number of nitrogens with zero attached hydrogens (tertiary/aromatic N) is 1. The van der Waals surface area contributed by atoms with Crippen molar-refractivity contribution in [2.24, 2.45) is 0 Å². The lowest BCUT2D eigenvalue weighted by Crippen LogP contribution is -2.43. The monoisotopic (exact) mass is 382 g/mol. The second-order valence-corrected chi connectivity index (χ2v) is 9.20. The molecule has 0 bridgehead atoms. The van der Waals surface area contributed by atoms with E-state index in [4.69, 9.17) is 11.6 Å². The van der Waals surface area contributed by atoms with Gasteiger partial charge in [-0.2, -0.15) is 0 Å². The zero-order chi connectivity index (χ0) is 17.0. The number of hydrogen-bond acceptors (Lipinski definition) is 4. The van der Waals surface area contributed by atoms with Crippen molar-refractivity contribution in [3.05, 3.63) is 53.7 Å². The Bertz CT molecular complexity index is 767. The third kappa shape index (κ3) is 4.51. The molecule has 1 N–H and O–H groups in total. The summed E-state index contributed by atoms with van der Waals surface area (Å²) in [6.07, 6.45) is 5.74. The molecule has 1 aromatic carbocycles. The summed E-state index contributed by atoms with van der Waals surface area (Å²) in [7, 11) is -3.54. The minimum atomic E-state index is -3.54. The van der Waals surface area contributed by atoms with Crippen molar-refractivity contribution in [2.75, 3.05) is 0 Å². The Hall–Kier alpha value is -1.08. The van der Waals surface area contributed by atoms with Crippen molar-refractivity contribution in [3.8, 4) is 0 Å². The fraction of sp³-hybridized carbons (Fsp3) is 0.353. The molecule has 0 amide bonds. The summed E-state index contributed by atoms with van der Waals surface area (Å²) in [5.74, 6) is 0. The number of benzene rings is 1. The average Bonchev–Trinajstić information content (AvgIpc) is 2.58. The highest BCUT2D eigenvalue weighted by molar-refractivity contribution is 8.00. The molecule has 0 radical (unpaired) electrons. The maximum atomic E-state index is 12.6. The van der Waals surface area contributed by atoms with E-state index in [0.717, 1.165) is 30.7 Å². The second-order valence-electron chi connectivity index (χ2n) is 5.79. The van der Waals surface area contributed by atoms with Crippen LogP contribution in [-0.2, 0) is 10.0 Å². The van der Waals surface area contributed by atoms with Crippen LogP contribution in [0.1, 0.15) is 25.7 Å². The van der Waals surface area contributed by atoms with Gasteiger partial charge in [-0.05, 0) is 49.2 Å². The van der Waals surface area contributed by atoms with Gasteiger partial charge in [0.1, 0.15) is 0 Å². The number of sulfonamides is 1. The van der Waals surface area contributed by atoms with Crippen LogP contribution in [0.4, 0.5) is 0 Å². The molecule has 2 atom stereocenters. The molecule has 1 heterocycles. The predicted octanol–water partition coefficient (Wildman–Crippen LogP) is 4.12. The van der Waals surface area contributed by atoms with Crippen LogP contribution in [0.5, 0.6) is 0 Å². The van der Waals surface area contributed by atoms with Crippen LogP contribution < -0.4 is 4.72 Å². The normalized spacial score (nSPS) is 21.5. The summed E-state index contributed by atoms with van der Waals surface area (Å²) in [4.78, 5) is 4.59. The first-order chi connectivity index (χ1) is 11.5. The van der Waals surface area contributed by atoms with Crippen molar-refractivity contribution >= 4 is 33.4 Å². The van der Waals surface area contributed by atoms with Gasteiger partial charge in [0, 0.05) is 22.5 Å². The number of hydrogen-bond donors (Lipinski definition) is 1. The third-order valence-corrected chi connectivity index (χ3v) is 7.15. The lowest BCUT2D eigenvalue weighted by molar-refractivity contribution is 0.422. The summed E-state index contributed by atoms with van der Waals surface area (Å²) in [6, 6.07) is 12.0. The van der Waals surface area contributed by atoms with Gasteiger partial charge < -0.3 is 0 Å². The molecule has 1 aliphatic carbocycles. The van der Waals surface area contributed by atoms with Crippen molar-refractivity contribution in [2.45, 2.75) is 46.9 Å². The topological polar surface area (TPSA) is 59.1 Å². The Morgan fingerprint density at radius 3 is 2.54 bits per heavy atom. The minimum Gasteiger partial charge on any atom is -0.250 e. The molecule has 0 aliphatic heterocycles. The van der Waals surface area contributed by atoms with Crippen LogP contribution in [0.25, 0.3) is 0 Å². The van der Waals surface area contributed by atoms with Crippen LogP contribution >= 0.6 is 23.4 Å². The van der Waals surface area contributed by atoms with Crippen LogP contribution in [-0.4, -0.2) is 24.7 Å². The molecule has 0 unspecified atom stereocenters. The van der Waals surface area contributed by atoms with E-state index in [0.29, 0.717) is 5.02 Å². The number of thioether (sulfide) groups is 1. The van der Waals surface area contributed by atoms with Crippen molar-refractivity contribution < 1.29 is 8.42 Å². The standard InChI is InChI=1S/C17H19ClN2O2S2/c18-13-8-10-14(11-9-13)24(21,22)20-15-5-1-2-6-16(15)23-17-7-3-4-12-19-17/h3-4,7-12,15-16,20H,1-2,5-6H2/t15-,16+/m0/s1. The highest BCUT2D eigenvalue weighted by Gasteiger charge is 2.30. The highest BCUT2D eigenvalue weighted by Crippen LogP contribution is 2.33. The minimum absolute atomic E-state index is 0.0913. The molecule has 0 saturated heterocycles. The van der Waals surface area contributed by atoms with Gasteiger partial charge in [0.05, 0.1) is 9.92 Å². The molecule has 4 nitrogen and oxygen atoms in total. The average molecular weight is 383 g/mol. The maximum Gasteiger partial charge on any atom is 0.240 e. The number of rotatable bonds is 5. The van der Waals surface area contributed by atoms with Gasteiger partial charge in [0.2, 0.25) is 10.0 Å². The van der Waals surface area contributed by atoms with E-state index in [2.05, 4.69) is 9.71 Å². The SMILES string of the molecule is O=S(=O)(N[C@H]1CCCC[C@H]1Sc1ccccn1)c1ccc(Cl)cc1. The van der Waals surface area contributed by atoms with E-state index in [9.17, 15) is 8.42 Å². The lowest BCUT2D eigenvalue weighted by atomic mass is 9.96. The van der Waals surface area contributed by atoms with E-state index in [1.54, 1.807) is 30.1 Å². The van der Waals surface area contributed by atoms with E-state index >= 15 is 0 Å². The van der Waals surface area contributed by atoms with Gasteiger partial charge >= 0.3 is 0 Å². The molecule has 3 rings (SSSR count). The molecule has 128 valence electrons. The van der Waals surface area contributed by atoms with Crippen molar-refractivity contribution in [1.29, 1.82) is 0 Å². The zero-order valence-electron chi connectivity index (χ0n) is 13.1. The van der Waals surface area contributed by atoms with E-state index in [-0.39, 0.29) is 16.2 Å². The number of nitrogens with one attached hydrogen (secondary N) is 1. The summed E-state index contributed by atoms with van der Waals surface area (Å²) in [5, 5.41) is 1.64. The Labute approximate surface area is 152 Å². The summed E-state index contributed by atoms with van der Waals surface area (Å²) >= 11 is 7.49. The van der Waals surface area contributed by atoms with Crippen LogP contribution in [0.2, 0.25) is 5.02 Å². The van der Waals surface area contributed by atoms with Crippen LogP contribution in [0, 0.1) is 0 Å². The molecule has 1 fully saturated rings. The van der Waals surface area contributed by atoms with Gasteiger partial charge in [-0.1, -0.05) is 30.5 Å².